The van der Waals surface area contributed by atoms with Crippen molar-refractivity contribution in [1.29, 1.82) is 0 Å². The molecule has 17 heavy (non-hydrogen) atoms. The van der Waals surface area contributed by atoms with Crippen LogP contribution < -0.4 is 10.6 Å². The standard InChI is InChI=1S/C12H19F2N3/c1-16(2)5-4-6-17(3)12-10(13)7-9(15)8-11(12)14/h7-8H,4-6,15H2,1-3H3. The van der Waals surface area contributed by atoms with E-state index < -0.39 is 11.6 Å². The van der Waals surface area contributed by atoms with E-state index in [4.69, 9.17) is 5.73 Å². The number of nitrogen functional groups attached to an aromatic ring is 1. The lowest BCUT2D eigenvalue weighted by atomic mass is 10.2. The smallest absolute Gasteiger partial charge is 0.151 e. The van der Waals surface area contributed by atoms with Crippen LogP contribution >= 0.6 is 0 Å². The van der Waals surface area contributed by atoms with E-state index in [1.165, 1.54) is 0 Å². The SMILES string of the molecule is CN(C)CCCN(C)c1c(F)cc(N)cc1F. The molecule has 0 amide bonds. The van der Waals surface area contributed by atoms with Gasteiger partial charge in [-0.2, -0.15) is 0 Å². The normalized spacial score (nSPS) is 10.9. The van der Waals surface area contributed by atoms with Crippen LogP contribution in [0.1, 0.15) is 6.42 Å². The molecule has 0 bridgehead atoms. The average molecular weight is 243 g/mol. The fourth-order valence-electron chi connectivity index (χ4n) is 1.69. The maximum Gasteiger partial charge on any atom is 0.151 e. The molecular weight excluding hydrogens is 224 g/mol. The van der Waals surface area contributed by atoms with E-state index in [0.717, 1.165) is 25.1 Å². The van der Waals surface area contributed by atoms with Crippen molar-refractivity contribution in [2.24, 2.45) is 0 Å². The van der Waals surface area contributed by atoms with Gasteiger partial charge in [-0.3, -0.25) is 0 Å². The predicted molar refractivity (Wildman–Crippen MR) is 67.2 cm³/mol. The molecule has 3 nitrogen and oxygen atoms in total. The lowest BCUT2D eigenvalue weighted by Gasteiger charge is -2.21. The first-order chi connectivity index (χ1) is 7.91. The molecule has 1 aromatic rings. The Hall–Kier alpha value is -1.36. The zero-order chi connectivity index (χ0) is 13.0. The molecule has 2 N–H and O–H groups in total. The fraction of sp³-hybridized carbons (Fsp3) is 0.500. The summed E-state index contributed by atoms with van der Waals surface area (Å²) in [5.74, 6) is -1.23. The van der Waals surface area contributed by atoms with Gasteiger partial charge in [0, 0.05) is 19.3 Å². The van der Waals surface area contributed by atoms with Gasteiger partial charge in [-0.05, 0) is 39.2 Å². The Bertz CT molecular complexity index is 357. The summed E-state index contributed by atoms with van der Waals surface area (Å²) in [6.07, 6.45) is 0.840. The summed E-state index contributed by atoms with van der Waals surface area (Å²) >= 11 is 0. The van der Waals surface area contributed by atoms with E-state index in [1.54, 1.807) is 11.9 Å². The Morgan fingerprint density at radius 3 is 2.06 bits per heavy atom. The number of anilines is 2. The average Bonchev–Trinajstić information content (AvgIpc) is 2.14. The Morgan fingerprint density at radius 2 is 1.59 bits per heavy atom. The van der Waals surface area contributed by atoms with Crippen molar-refractivity contribution >= 4 is 11.4 Å². The summed E-state index contributed by atoms with van der Waals surface area (Å²) in [5.41, 5.74) is 5.45. The van der Waals surface area contributed by atoms with E-state index in [1.807, 2.05) is 19.0 Å². The van der Waals surface area contributed by atoms with Gasteiger partial charge < -0.3 is 15.5 Å². The highest BCUT2D eigenvalue weighted by Gasteiger charge is 2.14. The van der Waals surface area contributed by atoms with Gasteiger partial charge in [-0.1, -0.05) is 0 Å². The van der Waals surface area contributed by atoms with Gasteiger partial charge in [0.1, 0.15) is 5.69 Å². The zero-order valence-corrected chi connectivity index (χ0v) is 10.5. The molecule has 0 radical (unpaired) electrons. The molecule has 0 fully saturated rings. The molecule has 0 aliphatic carbocycles. The van der Waals surface area contributed by atoms with E-state index in [0.29, 0.717) is 6.54 Å². The molecule has 0 atom stereocenters. The van der Waals surface area contributed by atoms with Gasteiger partial charge in [0.25, 0.3) is 0 Å². The van der Waals surface area contributed by atoms with Crippen LogP contribution in [0.3, 0.4) is 0 Å². The van der Waals surface area contributed by atoms with Gasteiger partial charge in [-0.15, -0.1) is 0 Å². The number of hydrogen-bond donors (Lipinski definition) is 1. The number of halogens is 2. The van der Waals surface area contributed by atoms with E-state index in [2.05, 4.69) is 0 Å². The lowest BCUT2D eigenvalue weighted by Crippen LogP contribution is -2.25. The Kier molecular flexibility index (Phi) is 4.69. The summed E-state index contributed by atoms with van der Waals surface area (Å²) in [6, 6.07) is 2.28. The molecule has 0 spiro atoms. The van der Waals surface area contributed by atoms with Crippen LogP contribution in [0, 0.1) is 11.6 Å². The zero-order valence-electron chi connectivity index (χ0n) is 10.5. The summed E-state index contributed by atoms with van der Waals surface area (Å²) in [4.78, 5) is 3.61. The van der Waals surface area contributed by atoms with Crippen molar-refractivity contribution in [1.82, 2.24) is 4.90 Å². The number of nitrogens with zero attached hydrogens (tertiary/aromatic N) is 2. The molecule has 0 aromatic heterocycles. The number of nitrogens with two attached hydrogens (primary N) is 1. The summed E-state index contributed by atoms with van der Waals surface area (Å²) in [6.45, 7) is 1.47. The first kappa shape index (κ1) is 13.7. The number of rotatable bonds is 5. The molecule has 1 aromatic carbocycles. The molecule has 0 saturated heterocycles. The maximum atomic E-state index is 13.6. The van der Waals surface area contributed by atoms with E-state index >= 15 is 0 Å². The minimum atomic E-state index is -0.616. The molecule has 96 valence electrons. The van der Waals surface area contributed by atoms with Crippen LogP contribution in [0.4, 0.5) is 20.2 Å². The second kappa shape index (κ2) is 5.82. The predicted octanol–water partition coefficient (Wildman–Crippen LogP) is 1.93. The van der Waals surface area contributed by atoms with Crippen molar-refractivity contribution in [3.8, 4) is 0 Å². The third kappa shape index (κ3) is 3.85. The third-order valence-corrected chi connectivity index (χ3v) is 2.52. The minimum absolute atomic E-state index is 0.0158. The van der Waals surface area contributed by atoms with Crippen molar-refractivity contribution in [3.05, 3.63) is 23.8 Å². The molecule has 0 saturated carbocycles. The maximum absolute atomic E-state index is 13.6. The van der Waals surface area contributed by atoms with Crippen molar-refractivity contribution in [2.45, 2.75) is 6.42 Å². The molecule has 0 heterocycles. The van der Waals surface area contributed by atoms with Gasteiger partial charge in [0.15, 0.2) is 11.6 Å². The first-order valence-corrected chi connectivity index (χ1v) is 5.52. The highest BCUT2D eigenvalue weighted by atomic mass is 19.1. The lowest BCUT2D eigenvalue weighted by molar-refractivity contribution is 0.401. The highest BCUT2D eigenvalue weighted by molar-refractivity contribution is 5.55. The van der Waals surface area contributed by atoms with Crippen LogP contribution in [0.2, 0.25) is 0 Å². The number of hydrogen-bond acceptors (Lipinski definition) is 3. The largest absolute Gasteiger partial charge is 0.399 e. The van der Waals surface area contributed by atoms with Crippen LogP contribution in [0.25, 0.3) is 0 Å². The second-order valence-corrected chi connectivity index (χ2v) is 4.41. The van der Waals surface area contributed by atoms with Crippen molar-refractivity contribution < 1.29 is 8.78 Å². The molecule has 0 unspecified atom stereocenters. The highest BCUT2D eigenvalue weighted by Crippen LogP contribution is 2.25. The Balaban J connectivity index is 2.72. The molecule has 1 rings (SSSR count). The quantitative estimate of drug-likeness (QED) is 0.802. The van der Waals surface area contributed by atoms with E-state index in [-0.39, 0.29) is 11.4 Å². The summed E-state index contributed by atoms with van der Waals surface area (Å²) < 4.78 is 27.2. The molecular formula is C12H19F2N3. The first-order valence-electron chi connectivity index (χ1n) is 5.52. The molecule has 5 heteroatoms. The summed E-state index contributed by atoms with van der Waals surface area (Å²) in [7, 11) is 5.60. The van der Waals surface area contributed by atoms with Crippen LogP contribution in [0.5, 0.6) is 0 Å². The van der Waals surface area contributed by atoms with Gasteiger partial charge >= 0.3 is 0 Å². The molecule has 0 aliphatic rings. The van der Waals surface area contributed by atoms with Crippen molar-refractivity contribution in [2.75, 3.05) is 44.9 Å². The second-order valence-electron chi connectivity index (χ2n) is 4.41. The topological polar surface area (TPSA) is 32.5 Å². The van der Waals surface area contributed by atoms with Gasteiger partial charge in [-0.25, -0.2) is 8.78 Å². The van der Waals surface area contributed by atoms with Crippen LogP contribution in [-0.2, 0) is 0 Å². The monoisotopic (exact) mass is 243 g/mol. The van der Waals surface area contributed by atoms with E-state index in [9.17, 15) is 8.78 Å². The fourth-order valence-corrected chi connectivity index (χ4v) is 1.69. The summed E-state index contributed by atoms with van der Waals surface area (Å²) in [5, 5.41) is 0. The number of benzene rings is 1. The minimum Gasteiger partial charge on any atom is -0.399 e. The van der Waals surface area contributed by atoms with Gasteiger partial charge in [0.2, 0.25) is 0 Å². The Labute approximate surface area is 101 Å². The van der Waals surface area contributed by atoms with Gasteiger partial charge in [0.05, 0.1) is 0 Å². The third-order valence-electron chi connectivity index (χ3n) is 2.52. The van der Waals surface area contributed by atoms with Crippen LogP contribution in [0.15, 0.2) is 12.1 Å². The Morgan fingerprint density at radius 1 is 1.06 bits per heavy atom. The van der Waals surface area contributed by atoms with Crippen molar-refractivity contribution in [3.63, 3.8) is 0 Å². The van der Waals surface area contributed by atoms with Crippen LogP contribution in [-0.4, -0.2) is 39.1 Å². The molecule has 0 aliphatic heterocycles.